The number of hydrogen-bond donors (Lipinski definition) is 2. The van der Waals surface area contributed by atoms with Crippen molar-refractivity contribution >= 4 is 29.3 Å². The minimum Gasteiger partial charge on any atom is -0.368 e. The molecule has 0 saturated heterocycles. The van der Waals surface area contributed by atoms with Gasteiger partial charge in [0.1, 0.15) is 6.04 Å². The van der Waals surface area contributed by atoms with Gasteiger partial charge in [0, 0.05) is 5.69 Å². The Morgan fingerprint density at radius 2 is 2.12 bits per heavy atom. The van der Waals surface area contributed by atoms with E-state index in [9.17, 15) is 18.0 Å². The molecule has 0 saturated carbocycles. The van der Waals surface area contributed by atoms with Crippen LogP contribution in [0.2, 0.25) is 0 Å². The normalized spacial score (nSPS) is 12.9. The van der Waals surface area contributed by atoms with Crippen LogP contribution in [0, 0.1) is 0 Å². The zero-order chi connectivity index (χ0) is 17.9. The van der Waals surface area contributed by atoms with Gasteiger partial charge >= 0.3 is 6.18 Å². The van der Waals surface area contributed by atoms with E-state index in [0.29, 0.717) is 11.6 Å². The van der Waals surface area contributed by atoms with Crippen LogP contribution in [0.25, 0.3) is 0 Å². The molecule has 0 bridgehead atoms. The van der Waals surface area contributed by atoms with Crippen LogP contribution < -0.4 is 11.1 Å². The highest BCUT2D eigenvalue weighted by Gasteiger charge is 2.31. The van der Waals surface area contributed by atoms with Gasteiger partial charge in [0.25, 0.3) is 0 Å². The molecular formula is C14H16F3N5OS. The summed E-state index contributed by atoms with van der Waals surface area (Å²) in [5.74, 6) is -0.413. The largest absolute Gasteiger partial charge is 0.416 e. The van der Waals surface area contributed by atoms with E-state index < -0.39 is 23.7 Å². The smallest absolute Gasteiger partial charge is 0.368 e. The van der Waals surface area contributed by atoms with Crippen LogP contribution in [0.1, 0.15) is 24.9 Å². The number of amides is 1. The molecule has 0 aliphatic carbocycles. The van der Waals surface area contributed by atoms with E-state index >= 15 is 0 Å². The minimum absolute atomic E-state index is 0.0608. The van der Waals surface area contributed by atoms with Gasteiger partial charge in [0.05, 0.1) is 5.56 Å². The number of alkyl halides is 3. The summed E-state index contributed by atoms with van der Waals surface area (Å²) in [4.78, 5) is 12.5. The minimum atomic E-state index is -4.48. The number of nitrogens with zero attached hydrogens (tertiary/aromatic N) is 3. The maximum absolute atomic E-state index is 12.8. The molecule has 2 aromatic rings. The van der Waals surface area contributed by atoms with Gasteiger partial charge in [-0.25, -0.2) is 0 Å². The number of nitrogens with one attached hydrogen (secondary N) is 1. The van der Waals surface area contributed by atoms with Gasteiger partial charge in [-0.3, -0.25) is 9.36 Å². The highest BCUT2D eigenvalue weighted by molar-refractivity contribution is 7.98. The van der Waals surface area contributed by atoms with Crippen LogP contribution in [0.4, 0.5) is 24.8 Å². The molecule has 1 unspecified atom stereocenters. The molecule has 2 rings (SSSR count). The second-order valence-corrected chi connectivity index (χ2v) is 5.68. The number of aromatic nitrogens is 3. The van der Waals surface area contributed by atoms with Crippen LogP contribution >= 0.6 is 11.8 Å². The summed E-state index contributed by atoms with van der Waals surface area (Å²) >= 11 is 1.27. The summed E-state index contributed by atoms with van der Waals surface area (Å²) in [6, 6.07) is 3.73. The summed E-state index contributed by atoms with van der Waals surface area (Å²) in [5, 5.41) is 10.5. The Labute approximate surface area is 140 Å². The molecule has 0 spiro atoms. The number of nitrogens with two attached hydrogens (primary N) is 1. The Morgan fingerprint density at radius 3 is 2.71 bits per heavy atom. The maximum atomic E-state index is 12.8. The lowest BCUT2D eigenvalue weighted by atomic mass is 10.1. The van der Waals surface area contributed by atoms with Gasteiger partial charge in [0.15, 0.2) is 5.16 Å². The Hall–Kier alpha value is -2.23. The van der Waals surface area contributed by atoms with E-state index in [1.54, 1.807) is 13.2 Å². The molecule has 1 aromatic heterocycles. The fraction of sp³-hybridized carbons (Fsp3) is 0.357. The number of nitrogen functional groups attached to an aromatic ring is 1. The van der Waals surface area contributed by atoms with Gasteiger partial charge in [-0.05, 0) is 30.9 Å². The SMILES string of the molecule is CCC(C(=O)Nc1cccc(C(F)(F)F)c1)n1c(N)nnc1SC. The quantitative estimate of drug-likeness (QED) is 0.801. The van der Waals surface area contributed by atoms with Crippen molar-refractivity contribution in [2.75, 3.05) is 17.3 Å². The number of halogens is 3. The van der Waals surface area contributed by atoms with Gasteiger partial charge in [-0.2, -0.15) is 13.2 Å². The number of carbonyl (C=O) groups is 1. The first-order valence-electron chi connectivity index (χ1n) is 7.00. The molecule has 0 fully saturated rings. The number of hydrogen-bond acceptors (Lipinski definition) is 5. The average Bonchev–Trinajstić information content (AvgIpc) is 2.89. The second-order valence-electron chi connectivity index (χ2n) is 4.91. The molecule has 130 valence electrons. The summed E-state index contributed by atoms with van der Waals surface area (Å²) < 4.78 is 39.7. The van der Waals surface area contributed by atoms with Crippen molar-refractivity contribution in [1.29, 1.82) is 0 Å². The number of benzene rings is 1. The number of rotatable bonds is 5. The van der Waals surface area contributed by atoms with Crippen molar-refractivity contribution in [3.8, 4) is 0 Å². The van der Waals surface area contributed by atoms with Crippen LogP contribution in [0.15, 0.2) is 29.4 Å². The van der Waals surface area contributed by atoms with E-state index in [-0.39, 0.29) is 11.6 Å². The third-order valence-corrected chi connectivity index (χ3v) is 3.98. The first kappa shape index (κ1) is 18.1. The molecule has 1 atom stereocenters. The third-order valence-electron chi connectivity index (χ3n) is 3.33. The van der Waals surface area contributed by atoms with Crippen LogP contribution in [0.3, 0.4) is 0 Å². The predicted molar refractivity (Wildman–Crippen MR) is 85.6 cm³/mol. The van der Waals surface area contributed by atoms with E-state index in [1.165, 1.54) is 28.5 Å². The molecular weight excluding hydrogens is 343 g/mol. The molecule has 6 nitrogen and oxygen atoms in total. The topological polar surface area (TPSA) is 85.8 Å². The molecule has 0 aliphatic rings. The Bertz CT molecular complexity index is 731. The first-order chi connectivity index (χ1) is 11.3. The van der Waals surface area contributed by atoms with Crippen molar-refractivity contribution in [3.63, 3.8) is 0 Å². The van der Waals surface area contributed by atoms with Crippen LogP contribution in [0.5, 0.6) is 0 Å². The van der Waals surface area contributed by atoms with Gasteiger partial charge in [0.2, 0.25) is 11.9 Å². The van der Waals surface area contributed by atoms with Crippen molar-refractivity contribution < 1.29 is 18.0 Å². The van der Waals surface area contributed by atoms with Crippen LogP contribution in [-0.2, 0) is 11.0 Å². The molecule has 1 heterocycles. The average molecular weight is 359 g/mol. The van der Waals surface area contributed by atoms with Gasteiger partial charge < -0.3 is 11.1 Å². The van der Waals surface area contributed by atoms with E-state index in [2.05, 4.69) is 15.5 Å². The van der Waals surface area contributed by atoms with Gasteiger partial charge in [-0.15, -0.1) is 10.2 Å². The fourth-order valence-electron chi connectivity index (χ4n) is 2.20. The monoisotopic (exact) mass is 359 g/mol. The summed E-state index contributed by atoms with van der Waals surface area (Å²) in [5.41, 5.74) is 4.98. The maximum Gasteiger partial charge on any atom is 0.416 e. The lowest BCUT2D eigenvalue weighted by Crippen LogP contribution is -2.27. The molecule has 0 radical (unpaired) electrons. The Balaban J connectivity index is 2.26. The molecule has 10 heteroatoms. The fourth-order valence-corrected chi connectivity index (χ4v) is 2.74. The van der Waals surface area contributed by atoms with Crippen molar-refractivity contribution in [1.82, 2.24) is 14.8 Å². The van der Waals surface area contributed by atoms with Crippen molar-refractivity contribution in [3.05, 3.63) is 29.8 Å². The van der Waals surface area contributed by atoms with Crippen molar-refractivity contribution in [2.24, 2.45) is 0 Å². The Kier molecular flexibility index (Phi) is 5.37. The standard InChI is InChI=1S/C14H16F3N5OS/c1-3-10(22-12(18)20-21-13(22)24-2)11(23)19-9-6-4-5-8(7-9)14(15,16)17/h4-7,10H,3H2,1-2H3,(H2,18,20)(H,19,23). The van der Waals surface area contributed by atoms with Crippen LogP contribution in [-0.4, -0.2) is 26.9 Å². The van der Waals surface area contributed by atoms with E-state index in [0.717, 1.165) is 12.1 Å². The summed E-state index contributed by atoms with van der Waals surface area (Å²) in [6.45, 7) is 1.76. The zero-order valence-corrected chi connectivity index (χ0v) is 13.8. The number of anilines is 2. The first-order valence-corrected chi connectivity index (χ1v) is 8.22. The number of carbonyl (C=O) groups excluding carboxylic acids is 1. The Morgan fingerprint density at radius 1 is 1.42 bits per heavy atom. The highest BCUT2D eigenvalue weighted by Crippen LogP contribution is 2.31. The predicted octanol–water partition coefficient (Wildman–Crippen LogP) is 3.19. The molecule has 1 aromatic carbocycles. The molecule has 24 heavy (non-hydrogen) atoms. The zero-order valence-electron chi connectivity index (χ0n) is 13.0. The summed E-state index contributed by atoms with van der Waals surface area (Å²) in [6.07, 6.45) is -2.34. The molecule has 1 amide bonds. The van der Waals surface area contributed by atoms with E-state index in [1.807, 2.05) is 0 Å². The molecule has 3 N–H and O–H groups in total. The van der Waals surface area contributed by atoms with E-state index in [4.69, 9.17) is 5.73 Å². The lowest BCUT2D eigenvalue weighted by molar-refractivity contribution is -0.137. The lowest BCUT2D eigenvalue weighted by Gasteiger charge is -2.19. The van der Waals surface area contributed by atoms with Crippen molar-refractivity contribution in [2.45, 2.75) is 30.7 Å². The van der Waals surface area contributed by atoms with Gasteiger partial charge in [-0.1, -0.05) is 24.8 Å². The summed E-state index contributed by atoms with van der Waals surface area (Å²) in [7, 11) is 0. The molecule has 0 aliphatic heterocycles. The number of thioether (sulfide) groups is 1. The highest BCUT2D eigenvalue weighted by atomic mass is 32.2. The third kappa shape index (κ3) is 3.81. The second kappa shape index (κ2) is 7.12.